The van der Waals surface area contributed by atoms with E-state index in [1.165, 1.54) is 18.2 Å². The molecule has 1 aromatic rings. The molecule has 17 heavy (non-hydrogen) atoms. The van der Waals surface area contributed by atoms with E-state index in [2.05, 4.69) is 4.72 Å². The molecule has 0 aliphatic carbocycles. The number of aromatic carboxylic acids is 1. The number of anilines is 1. The van der Waals surface area contributed by atoms with Gasteiger partial charge >= 0.3 is 5.97 Å². The summed E-state index contributed by atoms with van der Waals surface area (Å²) in [5.74, 6) is -1.95. The lowest BCUT2D eigenvalue weighted by Crippen LogP contribution is -2.18. The fraction of sp³-hybridized carbons (Fsp3) is 0.200. The maximum Gasteiger partial charge on any atom is 0.337 e. The van der Waals surface area contributed by atoms with Gasteiger partial charge in [0.05, 0.1) is 17.3 Å². The third-order valence-electron chi connectivity index (χ3n) is 2.02. The Morgan fingerprint density at radius 2 is 2.18 bits per heavy atom. The SMILES string of the molecule is Cc1cccc(C(=O)O)c1NS(=O)(=O)CC#N. The Bertz CT molecular complexity index is 587. The summed E-state index contributed by atoms with van der Waals surface area (Å²) >= 11 is 0. The largest absolute Gasteiger partial charge is 0.478 e. The molecular weight excluding hydrogens is 244 g/mol. The van der Waals surface area contributed by atoms with Crippen molar-refractivity contribution in [1.29, 1.82) is 5.26 Å². The van der Waals surface area contributed by atoms with Crippen LogP contribution < -0.4 is 4.72 Å². The van der Waals surface area contributed by atoms with Gasteiger partial charge in [-0.15, -0.1) is 0 Å². The van der Waals surface area contributed by atoms with Crippen molar-refractivity contribution in [3.8, 4) is 6.07 Å². The number of hydrogen-bond donors (Lipinski definition) is 2. The second kappa shape index (κ2) is 4.84. The van der Waals surface area contributed by atoms with Crippen molar-refractivity contribution >= 4 is 21.7 Å². The standard InChI is InChI=1S/C10H10N2O4S/c1-7-3-2-4-8(10(13)14)9(7)12-17(15,16)6-5-11/h2-4,12H,6H2,1H3,(H,13,14). The Labute approximate surface area is 98.6 Å². The molecule has 0 unspecified atom stereocenters. The van der Waals surface area contributed by atoms with Crippen LogP contribution in [0.25, 0.3) is 0 Å². The molecule has 0 aliphatic rings. The van der Waals surface area contributed by atoms with Crippen LogP contribution in [0.5, 0.6) is 0 Å². The number of aryl methyl sites for hydroxylation is 1. The van der Waals surface area contributed by atoms with Crippen LogP contribution in [0.3, 0.4) is 0 Å². The number of nitrogens with zero attached hydrogens (tertiary/aromatic N) is 1. The van der Waals surface area contributed by atoms with Crippen LogP contribution in [-0.2, 0) is 10.0 Å². The van der Waals surface area contributed by atoms with E-state index >= 15 is 0 Å². The number of nitrogens with one attached hydrogen (secondary N) is 1. The van der Waals surface area contributed by atoms with Crippen LogP contribution >= 0.6 is 0 Å². The summed E-state index contributed by atoms with van der Waals surface area (Å²) in [6.45, 7) is 1.58. The Balaban J connectivity index is 3.24. The number of carbonyl (C=O) groups is 1. The third kappa shape index (κ3) is 3.19. The molecule has 1 rings (SSSR count). The highest BCUT2D eigenvalue weighted by Crippen LogP contribution is 2.21. The number of nitriles is 1. The molecule has 0 aliphatic heterocycles. The van der Waals surface area contributed by atoms with E-state index in [4.69, 9.17) is 10.4 Å². The first-order valence-electron chi connectivity index (χ1n) is 4.58. The van der Waals surface area contributed by atoms with Crippen LogP contribution in [0.4, 0.5) is 5.69 Å². The zero-order chi connectivity index (χ0) is 13.1. The average molecular weight is 254 g/mol. The van der Waals surface area contributed by atoms with Gasteiger partial charge in [0.1, 0.15) is 0 Å². The first-order chi connectivity index (χ1) is 7.87. The van der Waals surface area contributed by atoms with Crippen molar-refractivity contribution in [2.75, 3.05) is 10.5 Å². The van der Waals surface area contributed by atoms with Gasteiger partial charge in [-0.25, -0.2) is 13.2 Å². The van der Waals surface area contributed by atoms with E-state index < -0.39 is 21.7 Å². The summed E-state index contributed by atoms with van der Waals surface area (Å²) in [4.78, 5) is 10.9. The van der Waals surface area contributed by atoms with E-state index in [1.54, 1.807) is 13.0 Å². The van der Waals surface area contributed by atoms with E-state index in [9.17, 15) is 13.2 Å². The molecule has 0 radical (unpaired) electrons. The Kier molecular flexibility index (Phi) is 3.70. The third-order valence-corrected chi connectivity index (χ3v) is 3.04. The van der Waals surface area contributed by atoms with Crippen LogP contribution in [0, 0.1) is 18.3 Å². The van der Waals surface area contributed by atoms with Crippen molar-refractivity contribution in [3.63, 3.8) is 0 Å². The molecule has 0 amide bonds. The summed E-state index contributed by atoms with van der Waals surface area (Å²) in [6.07, 6.45) is 0. The fourth-order valence-corrected chi connectivity index (χ4v) is 2.08. The number of carboxylic acid groups (broad SMARTS) is 1. The molecule has 6 nitrogen and oxygen atoms in total. The average Bonchev–Trinajstić information content (AvgIpc) is 2.20. The quantitative estimate of drug-likeness (QED) is 0.832. The van der Waals surface area contributed by atoms with Crippen LogP contribution in [-0.4, -0.2) is 25.2 Å². The first kappa shape index (κ1) is 13.0. The minimum absolute atomic E-state index is 0.00440. The minimum Gasteiger partial charge on any atom is -0.478 e. The number of carboxylic acids is 1. The number of rotatable bonds is 4. The molecule has 0 fully saturated rings. The van der Waals surface area contributed by atoms with Crippen molar-refractivity contribution in [3.05, 3.63) is 29.3 Å². The molecule has 1 aromatic carbocycles. The summed E-state index contributed by atoms with van der Waals surface area (Å²) in [6, 6.07) is 5.88. The van der Waals surface area contributed by atoms with Crippen LogP contribution in [0.15, 0.2) is 18.2 Å². The fourth-order valence-electron chi connectivity index (χ4n) is 1.26. The van der Waals surface area contributed by atoms with E-state index in [-0.39, 0.29) is 11.3 Å². The van der Waals surface area contributed by atoms with Crippen LogP contribution in [0.1, 0.15) is 15.9 Å². The van der Waals surface area contributed by atoms with Gasteiger partial charge in [0.2, 0.25) is 10.0 Å². The Hall–Kier alpha value is -2.07. The Morgan fingerprint density at radius 1 is 1.53 bits per heavy atom. The van der Waals surface area contributed by atoms with Gasteiger partial charge in [-0.1, -0.05) is 12.1 Å². The van der Waals surface area contributed by atoms with E-state index in [0.717, 1.165) is 0 Å². The molecule has 90 valence electrons. The van der Waals surface area contributed by atoms with Crippen molar-refractivity contribution in [2.24, 2.45) is 0 Å². The lowest BCUT2D eigenvalue weighted by atomic mass is 10.1. The number of benzene rings is 1. The lowest BCUT2D eigenvalue weighted by Gasteiger charge is -2.11. The maximum atomic E-state index is 11.4. The van der Waals surface area contributed by atoms with Gasteiger partial charge in [-0.2, -0.15) is 5.26 Å². The molecule has 0 bridgehead atoms. The maximum absolute atomic E-state index is 11.4. The highest BCUT2D eigenvalue weighted by Gasteiger charge is 2.17. The molecule has 0 spiro atoms. The molecule has 7 heteroatoms. The zero-order valence-electron chi connectivity index (χ0n) is 8.97. The summed E-state index contributed by atoms with van der Waals surface area (Å²) in [5.41, 5.74) is 0.327. The second-order valence-corrected chi connectivity index (χ2v) is 5.04. The monoisotopic (exact) mass is 254 g/mol. The lowest BCUT2D eigenvalue weighted by molar-refractivity contribution is 0.0698. The first-order valence-corrected chi connectivity index (χ1v) is 6.23. The molecule has 0 heterocycles. The normalized spacial score (nSPS) is 10.6. The molecule has 0 saturated heterocycles. The highest BCUT2D eigenvalue weighted by molar-refractivity contribution is 7.92. The Morgan fingerprint density at radius 3 is 2.71 bits per heavy atom. The number of sulfonamides is 1. The van der Waals surface area contributed by atoms with Gasteiger partial charge in [0.15, 0.2) is 5.75 Å². The predicted octanol–water partition coefficient (Wildman–Crippen LogP) is 0.959. The number of hydrogen-bond acceptors (Lipinski definition) is 4. The number of para-hydroxylation sites is 1. The van der Waals surface area contributed by atoms with Crippen LogP contribution in [0.2, 0.25) is 0 Å². The van der Waals surface area contributed by atoms with Gasteiger partial charge in [-0.3, -0.25) is 4.72 Å². The summed E-state index contributed by atoms with van der Waals surface area (Å²) < 4.78 is 24.9. The molecule has 0 aromatic heterocycles. The topological polar surface area (TPSA) is 107 Å². The van der Waals surface area contributed by atoms with Gasteiger partial charge in [0.25, 0.3) is 0 Å². The molecular formula is C10H10N2O4S. The molecule has 0 saturated carbocycles. The van der Waals surface area contributed by atoms with Crippen molar-refractivity contribution < 1.29 is 18.3 Å². The van der Waals surface area contributed by atoms with E-state index in [0.29, 0.717) is 5.56 Å². The van der Waals surface area contributed by atoms with E-state index in [1.807, 2.05) is 0 Å². The van der Waals surface area contributed by atoms with Gasteiger partial charge in [-0.05, 0) is 18.6 Å². The highest BCUT2D eigenvalue weighted by atomic mass is 32.2. The van der Waals surface area contributed by atoms with Crippen molar-refractivity contribution in [1.82, 2.24) is 0 Å². The van der Waals surface area contributed by atoms with Crippen molar-refractivity contribution in [2.45, 2.75) is 6.92 Å². The summed E-state index contributed by atoms with van der Waals surface area (Å²) in [5, 5.41) is 17.3. The molecule has 0 atom stereocenters. The second-order valence-electron chi connectivity index (χ2n) is 3.32. The summed E-state index contributed by atoms with van der Waals surface area (Å²) in [7, 11) is -3.84. The van der Waals surface area contributed by atoms with Gasteiger partial charge in [0, 0.05) is 0 Å². The van der Waals surface area contributed by atoms with Gasteiger partial charge < -0.3 is 5.11 Å². The predicted molar refractivity (Wildman–Crippen MR) is 61.2 cm³/mol. The molecule has 2 N–H and O–H groups in total. The smallest absolute Gasteiger partial charge is 0.337 e. The minimum atomic E-state index is -3.84. The zero-order valence-corrected chi connectivity index (χ0v) is 9.78.